The molecule has 1 amide bonds. The van der Waals surface area contributed by atoms with Crippen LogP contribution in [0.25, 0.3) is 16.5 Å². The number of fused-ring (bicyclic) bond motifs is 1. The number of nitrogens with zero attached hydrogens (tertiary/aromatic N) is 3. The Morgan fingerprint density at radius 3 is 2.29 bits per heavy atom. The molecule has 4 aromatic rings. The van der Waals surface area contributed by atoms with Crippen molar-refractivity contribution in [3.63, 3.8) is 0 Å². The Morgan fingerprint density at radius 2 is 1.56 bits per heavy atom. The van der Waals surface area contributed by atoms with Gasteiger partial charge in [0.1, 0.15) is 18.0 Å². The van der Waals surface area contributed by atoms with Gasteiger partial charge < -0.3 is 14.5 Å². The van der Waals surface area contributed by atoms with Crippen molar-refractivity contribution in [3.05, 3.63) is 100 Å². The zero-order valence-corrected chi connectivity index (χ0v) is 19.1. The molecule has 0 saturated carbocycles. The Balaban J connectivity index is 1.46. The molecule has 0 aliphatic carbocycles. The van der Waals surface area contributed by atoms with Crippen molar-refractivity contribution in [1.29, 1.82) is 0 Å². The zero-order valence-electron chi connectivity index (χ0n) is 19.1. The molecule has 0 radical (unpaired) electrons. The van der Waals surface area contributed by atoms with Crippen molar-refractivity contribution in [2.24, 2.45) is 0 Å². The quantitative estimate of drug-likeness (QED) is 0.500. The smallest absolute Gasteiger partial charge is 0.279 e. The molecule has 0 bridgehead atoms. The molecular formula is C27H27N4O3+. The summed E-state index contributed by atoms with van der Waals surface area (Å²) in [6.07, 6.45) is 0. The number of nitrogens with one attached hydrogen (secondary N) is 1. The number of aromatic nitrogens is 2. The number of benzene rings is 3. The lowest BCUT2D eigenvalue weighted by atomic mass is 10.1. The first-order valence-electron chi connectivity index (χ1n) is 11.5. The highest BCUT2D eigenvalue weighted by atomic mass is 16.5. The number of quaternary nitrogens is 1. The molecule has 2 heterocycles. The van der Waals surface area contributed by atoms with Gasteiger partial charge in [-0.05, 0) is 18.2 Å². The predicted molar refractivity (Wildman–Crippen MR) is 131 cm³/mol. The van der Waals surface area contributed by atoms with E-state index in [1.54, 1.807) is 37.4 Å². The number of methoxy groups -OCH3 is 1. The summed E-state index contributed by atoms with van der Waals surface area (Å²) in [5.41, 5.74) is 1.81. The van der Waals surface area contributed by atoms with Gasteiger partial charge in [0.15, 0.2) is 5.69 Å². The van der Waals surface area contributed by atoms with E-state index >= 15 is 0 Å². The summed E-state index contributed by atoms with van der Waals surface area (Å²) in [5, 5.41) is 5.60. The lowest BCUT2D eigenvalue weighted by molar-refractivity contribution is -0.917. The minimum absolute atomic E-state index is 0.154. The minimum atomic E-state index is -0.284. The first-order chi connectivity index (χ1) is 16.7. The van der Waals surface area contributed by atoms with Crippen LogP contribution < -0.4 is 15.2 Å². The monoisotopic (exact) mass is 455 g/mol. The summed E-state index contributed by atoms with van der Waals surface area (Å²) in [5.74, 6) is 0.363. The SMILES string of the molecule is COc1ccccc1-n1nc(C(=O)N2CC[NH+](Cc3ccccc3)CC2)c2ccccc2c1=O. The van der Waals surface area contributed by atoms with Crippen LogP contribution in [0.2, 0.25) is 0 Å². The fourth-order valence-electron chi connectivity index (χ4n) is 4.55. The van der Waals surface area contributed by atoms with Crippen molar-refractivity contribution in [2.75, 3.05) is 33.3 Å². The van der Waals surface area contributed by atoms with Crippen molar-refractivity contribution in [2.45, 2.75) is 6.54 Å². The summed E-state index contributed by atoms with van der Waals surface area (Å²) in [6.45, 7) is 3.97. The summed E-state index contributed by atoms with van der Waals surface area (Å²) in [7, 11) is 1.55. The van der Waals surface area contributed by atoms with Gasteiger partial charge in [-0.25, -0.2) is 0 Å². The molecule has 1 aromatic heterocycles. The second kappa shape index (κ2) is 9.49. The van der Waals surface area contributed by atoms with E-state index < -0.39 is 0 Å². The van der Waals surface area contributed by atoms with E-state index in [-0.39, 0.29) is 17.2 Å². The number of para-hydroxylation sites is 2. The Labute approximate surface area is 197 Å². The van der Waals surface area contributed by atoms with Crippen LogP contribution in [0.4, 0.5) is 0 Å². The molecule has 7 heteroatoms. The van der Waals surface area contributed by atoms with E-state index in [1.807, 2.05) is 29.2 Å². The number of rotatable bonds is 5. The van der Waals surface area contributed by atoms with E-state index in [2.05, 4.69) is 29.4 Å². The molecular weight excluding hydrogens is 428 g/mol. The molecule has 1 fully saturated rings. The molecule has 1 aliphatic rings. The Hall–Kier alpha value is -3.97. The van der Waals surface area contributed by atoms with Gasteiger partial charge in [-0.2, -0.15) is 9.78 Å². The fourth-order valence-corrected chi connectivity index (χ4v) is 4.55. The summed E-state index contributed by atoms with van der Waals surface area (Å²) in [6, 6.07) is 24.8. The maximum Gasteiger partial charge on any atom is 0.279 e. The average molecular weight is 456 g/mol. The van der Waals surface area contributed by atoms with Crippen LogP contribution in [-0.2, 0) is 6.54 Å². The Kier molecular flexibility index (Phi) is 6.10. The van der Waals surface area contributed by atoms with E-state index in [1.165, 1.54) is 15.1 Å². The second-order valence-electron chi connectivity index (χ2n) is 8.49. The van der Waals surface area contributed by atoms with Gasteiger partial charge in [0.05, 0.1) is 38.7 Å². The van der Waals surface area contributed by atoms with E-state index in [9.17, 15) is 9.59 Å². The molecule has 1 saturated heterocycles. The molecule has 172 valence electrons. The van der Waals surface area contributed by atoms with Gasteiger partial charge in [0, 0.05) is 10.9 Å². The fraction of sp³-hybridized carbons (Fsp3) is 0.222. The third-order valence-corrected chi connectivity index (χ3v) is 6.38. The van der Waals surface area contributed by atoms with Gasteiger partial charge in [-0.1, -0.05) is 60.7 Å². The first kappa shape index (κ1) is 21.9. The largest absolute Gasteiger partial charge is 0.494 e. The molecule has 0 spiro atoms. The van der Waals surface area contributed by atoms with Gasteiger partial charge in [0.25, 0.3) is 11.5 Å². The molecule has 5 rings (SSSR count). The van der Waals surface area contributed by atoms with Crippen LogP contribution in [0.5, 0.6) is 5.75 Å². The minimum Gasteiger partial charge on any atom is -0.494 e. The van der Waals surface area contributed by atoms with Crippen LogP contribution in [-0.4, -0.2) is 53.9 Å². The van der Waals surface area contributed by atoms with Crippen LogP contribution in [0.3, 0.4) is 0 Å². The summed E-state index contributed by atoms with van der Waals surface area (Å²) >= 11 is 0. The molecule has 7 nitrogen and oxygen atoms in total. The van der Waals surface area contributed by atoms with Crippen molar-refractivity contribution in [1.82, 2.24) is 14.7 Å². The predicted octanol–water partition coefficient (Wildman–Crippen LogP) is 1.94. The van der Waals surface area contributed by atoms with E-state index in [0.29, 0.717) is 35.3 Å². The maximum absolute atomic E-state index is 13.6. The highest BCUT2D eigenvalue weighted by Crippen LogP contribution is 2.22. The van der Waals surface area contributed by atoms with E-state index in [0.717, 1.165) is 19.6 Å². The highest BCUT2D eigenvalue weighted by Gasteiger charge is 2.28. The Morgan fingerprint density at radius 1 is 0.912 bits per heavy atom. The number of piperazine rings is 1. The van der Waals surface area contributed by atoms with Gasteiger partial charge in [-0.15, -0.1) is 0 Å². The number of ether oxygens (including phenoxy) is 1. The zero-order chi connectivity index (χ0) is 23.5. The standard InChI is InChI=1S/C27H26N4O3/c1-34-24-14-8-7-13-23(24)31-26(32)22-12-6-5-11-21(22)25(28-31)27(33)30-17-15-29(16-18-30)19-20-9-3-2-4-10-20/h2-14H,15-19H2,1H3/p+1. The number of amides is 1. The van der Waals surface area contributed by atoms with E-state index in [4.69, 9.17) is 4.74 Å². The lowest BCUT2D eigenvalue weighted by Gasteiger charge is -2.32. The number of carbonyl (C=O) groups is 1. The molecule has 0 atom stereocenters. The van der Waals surface area contributed by atoms with Crippen LogP contribution in [0, 0.1) is 0 Å². The van der Waals surface area contributed by atoms with Crippen molar-refractivity contribution >= 4 is 16.7 Å². The normalized spacial score (nSPS) is 14.3. The van der Waals surface area contributed by atoms with Gasteiger partial charge in [0.2, 0.25) is 0 Å². The number of carbonyl (C=O) groups excluding carboxylic acids is 1. The number of hydrogen-bond donors (Lipinski definition) is 1. The van der Waals surface area contributed by atoms with Crippen molar-refractivity contribution in [3.8, 4) is 11.4 Å². The highest BCUT2D eigenvalue weighted by molar-refractivity contribution is 6.04. The average Bonchev–Trinajstić information content (AvgIpc) is 2.90. The molecule has 34 heavy (non-hydrogen) atoms. The van der Waals surface area contributed by atoms with Gasteiger partial charge >= 0.3 is 0 Å². The van der Waals surface area contributed by atoms with Crippen LogP contribution in [0.1, 0.15) is 16.1 Å². The topological polar surface area (TPSA) is 68.9 Å². The maximum atomic E-state index is 13.6. The van der Waals surface area contributed by atoms with Crippen LogP contribution >= 0.6 is 0 Å². The molecule has 3 aromatic carbocycles. The van der Waals surface area contributed by atoms with Crippen LogP contribution in [0.15, 0.2) is 83.7 Å². The molecule has 1 N–H and O–H groups in total. The summed E-state index contributed by atoms with van der Waals surface area (Å²) in [4.78, 5) is 30.2. The third-order valence-electron chi connectivity index (χ3n) is 6.38. The lowest BCUT2D eigenvalue weighted by Crippen LogP contribution is -3.13. The number of hydrogen-bond acceptors (Lipinski definition) is 4. The van der Waals surface area contributed by atoms with Gasteiger partial charge in [-0.3, -0.25) is 9.59 Å². The third kappa shape index (κ3) is 4.18. The second-order valence-corrected chi connectivity index (χ2v) is 8.49. The summed E-state index contributed by atoms with van der Waals surface area (Å²) < 4.78 is 6.73. The van der Waals surface area contributed by atoms with Crippen molar-refractivity contribution < 1.29 is 14.4 Å². The Bertz CT molecular complexity index is 1380. The molecule has 0 unspecified atom stereocenters. The first-order valence-corrected chi connectivity index (χ1v) is 11.5. The molecule has 1 aliphatic heterocycles.